The predicted molar refractivity (Wildman–Crippen MR) is 103 cm³/mol. The minimum atomic E-state index is -4.11. The van der Waals surface area contributed by atoms with Crippen molar-refractivity contribution in [3.8, 4) is 5.75 Å². The molecule has 1 aromatic heterocycles. The zero-order valence-corrected chi connectivity index (χ0v) is 16.1. The van der Waals surface area contributed by atoms with Crippen LogP contribution in [-0.2, 0) is 5.75 Å². The molecule has 27 heavy (non-hydrogen) atoms. The molecule has 0 aliphatic rings. The highest BCUT2D eigenvalue weighted by atomic mass is 35.5. The van der Waals surface area contributed by atoms with Gasteiger partial charge in [-0.3, -0.25) is 0 Å². The van der Waals surface area contributed by atoms with Crippen molar-refractivity contribution >= 4 is 40.1 Å². The summed E-state index contributed by atoms with van der Waals surface area (Å²) in [6.45, 7) is 0. The minimum Gasteiger partial charge on any atom is -0.429 e. The number of thioether (sulfide) groups is 1. The average Bonchev–Trinajstić information content (AvgIpc) is 3.01. The molecule has 0 aliphatic carbocycles. The van der Waals surface area contributed by atoms with Gasteiger partial charge in [0, 0.05) is 31.6 Å². The van der Waals surface area contributed by atoms with Crippen molar-refractivity contribution in [1.82, 2.24) is 9.97 Å². The average molecular weight is 416 g/mol. The number of hydrogen-bond donors (Lipinski definition) is 1. The Balaban J connectivity index is 1.76. The second-order valence-electron chi connectivity index (χ2n) is 6.00. The number of aromatic nitrogens is 2. The molecule has 1 N–H and O–H groups in total. The first-order chi connectivity index (χ1) is 12.8. The van der Waals surface area contributed by atoms with Gasteiger partial charge in [-0.15, -0.1) is 0 Å². The summed E-state index contributed by atoms with van der Waals surface area (Å²) in [7, 11) is 3.95. The first kappa shape index (κ1) is 19.7. The van der Waals surface area contributed by atoms with Crippen molar-refractivity contribution in [2.75, 3.05) is 19.0 Å². The molecule has 1 unspecified atom stereocenters. The molecule has 2 aromatic carbocycles. The molecule has 3 rings (SSSR count). The van der Waals surface area contributed by atoms with Gasteiger partial charge in [-0.05, 0) is 23.8 Å². The van der Waals surface area contributed by atoms with Crippen molar-refractivity contribution in [2.45, 2.75) is 22.6 Å². The molecule has 0 saturated heterocycles. The molecule has 4 nitrogen and oxygen atoms in total. The van der Waals surface area contributed by atoms with E-state index >= 15 is 0 Å². The Hall–Kier alpha value is -2.06. The van der Waals surface area contributed by atoms with Crippen LogP contribution in [0, 0.1) is 0 Å². The second kappa shape index (κ2) is 7.90. The van der Waals surface area contributed by atoms with Gasteiger partial charge in [0.25, 0.3) is 5.63 Å². The van der Waals surface area contributed by atoms with Crippen molar-refractivity contribution in [3.05, 3.63) is 48.0 Å². The van der Waals surface area contributed by atoms with Gasteiger partial charge in [0.15, 0.2) is 5.16 Å². The Morgan fingerprint density at radius 3 is 2.70 bits per heavy atom. The molecule has 9 heteroatoms. The molecule has 1 atom stereocenters. The fourth-order valence-electron chi connectivity index (χ4n) is 2.51. The van der Waals surface area contributed by atoms with Gasteiger partial charge >= 0.3 is 6.11 Å². The number of anilines is 1. The summed E-state index contributed by atoms with van der Waals surface area (Å²) < 4.78 is 43.6. The van der Waals surface area contributed by atoms with E-state index < -0.39 is 11.7 Å². The second-order valence-corrected chi connectivity index (χ2v) is 7.34. The molecule has 0 saturated carbocycles. The van der Waals surface area contributed by atoms with Crippen molar-refractivity contribution in [3.63, 3.8) is 0 Å². The maximum atomic E-state index is 13.3. The Morgan fingerprint density at radius 1 is 1.26 bits per heavy atom. The van der Waals surface area contributed by atoms with Crippen LogP contribution in [0.1, 0.15) is 5.56 Å². The van der Waals surface area contributed by atoms with Crippen LogP contribution in [-0.4, -0.2) is 35.8 Å². The van der Waals surface area contributed by atoms with Crippen LogP contribution in [0.4, 0.5) is 18.9 Å². The highest BCUT2D eigenvalue weighted by Gasteiger charge is 2.42. The fourth-order valence-corrected chi connectivity index (χ4v) is 3.44. The number of ether oxygens (including phenoxy) is 1. The monoisotopic (exact) mass is 415 g/mol. The number of fused-ring (bicyclic) bond motifs is 1. The number of imidazole rings is 1. The van der Waals surface area contributed by atoms with Crippen LogP contribution in [0.2, 0.25) is 0 Å². The molecule has 1 heterocycles. The summed E-state index contributed by atoms with van der Waals surface area (Å²) >= 11 is 6.30. The fraction of sp³-hybridized carbons (Fsp3) is 0.278. The molecule has 0 radical (unpaired) electrons. The van der Waals surface area contributed by atoms with E-state index in [1.54, 1.807) is 0 Å². The molecule has 0 spiro atoms. The highest BCUT2D eigenvalue weighted by Crippen LogP contribution is 2.32. The van der Waals surface area contributed by atoms with E-state index in [9.17, 15) is 13.2 Å². The van der Waals surface area contributed by atoms with Crippen molar-refractivity contribution < 1.29 is 17.9 Å². The molecular weight excluding hydrogens is 399 g/mol. The summed E-state index contributed by atoms with van der Waals surface area (Å²) in [6.07, 6.45) is -4.11. The van der Waals surface area contributed by atoms with E-state index in [4.69, 9.17) is 11.6 Å². The number of nitrogens with zero attached hydrogens (tertiary/aromatic N) is 2. The van der Waals surface area contributed by atoms with E-state index in [-0.39, 0.29) is 5.75 Å². The van der Waals surface area contributed by atoms with Crippen LogP contribution in [0.3, 0.4) is 0 Å². The SMILES string of the molecule is CN(C)c1ccccc1CSc1nc2ccc(OC(F)(F)C(F)Cl)cc2[nH]1. The Morgan fingerprint density at radius 2 is 2.00 bits per heavy atom. The van der Waals surface area contributed by atoms with Crippen LogP contribution in [0.25, 0.3) is 11.0 Å². The number of para-hydroxylation sites is 1. The van der Waals surface area contributed by atoms with E-state index in [1.165, 1.54) is 30.0 Å². The smallest absolute Gasteiger partial charge is 0.429 e. The zero-order chi connectivity index (χ0) is 19.6. The number of hydrogen-bond acceptors (Lipinski definition) is 4. The third kappa shape index (κ3) is 4.62. The Labute approximate surface area is 163 Å². The Bertz CT molecular complexity index is 933. The maximum Gasteiger partial charge on any atom is 0.444 e. The van der Waals surface area contributed by atoms with Gasteiger partial charge in [-0.25, -0.2) is 9.37 Å². The first-order valence-electron chi connectivity index (χ1n) is 7.99. The summed E-state index contributed by atoms with van der Waals surface area (Å²) in [5.41, 5.74) is 0.430. The van der Waals surface area contributed by atoms with E-state index in [0.29, 0.717) is 21.9 Å². The van der Waals surface area contributed by atoms with Gasteiger partial charge < -0.3 is 14.6 Å². The Kier molecular flexibility index (Phi) is 5.76. The first-order valence-corrected chi connectivity index (χ1v) is 9.41. The highest BCUT2D eigenvalue weighted by molar-refractivity contribution is 7.98. The van der Waals surface area contributed by atoms with Crippen LogP contribution in [0.15, 0.2) is 47.6 Å². The summed E-state index contributed by atoms with van der Waals surface area (Å²) in [5, 5.41) is 0.642. The molecule has 0 bridgehead atoms. The lowest BCUT2D eigenvalue weighted by atomic mass is 10.2. The standard InChI is InChI=1S/C18H17ClF3N3OS/c1-25(2)15-6-4-3-5-11(15)10-27-17-23-13-8-7-12(9-14(13)24-17)26-18(21,22)16(19)20/h3-9,16H,10H2,1-2H3,(H,23,24). The van der Waals surface area contributed by atoms with E-state index in [0.717, 1.165) is 11.3 Å². The van der Waals surface area contributed by atoms with Crippen LogP contribution >= 0.6 is 23.4 Å². The van der Waals surface area contributed by atoms with Crippen LogP contribution < -0.4 is 9.64 Å². The minimum absolute atomic E-state index is 0.200. The number of rotatable bonds is 7. The lowest BCUT2D eigenvalue weighted by molar-refractivity contribution is -0.198. The number of alkyl halides is 4. The largest absolute Gasteiger partial charge is 0.444 e. The van der Waals surface area contributed by atoms with Crippen molar-refractivity contribution in [2.24, 2.45) is 0 Å². The lowest BCUT2D eigenvalue weighted by Gasteiger charge is -2.17. The number of halogens is 4. The molecule has 0 amide bonds. The van der Waals surface area contributed by atoms with Gasteiger partial charge in [0.2, 0.25) is 0 Å². The molecule has 0 aliphatic heterocycles. The van der Waals surface area contributed by atoms with Gasteiger partial charge in [0.05, 0.1) is 11.0 Å². The lowest BCUT2D eigenvalue weighted by Crippen LogP contribution is -2.32. The topological polar surface area (TPSA) is 41.2 Å². The quantitative estimate of drug-likeness (QED) is 0.413. The van der Waals surface area contributed by atoms with E-state index in [2.05, 4.69) is 14.7 Å². The molecule has 3 aromatic rings. The molecular formula is C18H17ClF3N3OS. The third-order valence-electron chi connectivity index (χ3n) is 3.78. The van der Waals surface area contributed by atoms with Crippen molar-refractivity contribution in [1.29, 1.82) is 0 Å². The third-order valence-corrected chi connectivity index (χ3v) is 4.95. The van der Waals surface area contributed by atoms with E-state index in [1.807, 2.05) is 43.3 Å². The summed E-state index contributed by atoms with van der Waals surface area (Å²) in [5.74, 6) is 0.486. The predicted octanol–water partition coefficient (Wildman–Crippen LogP) is 5.43. The number of aromatic amines is 1. The van der Waals surface area contributed by atoms with Gasteiger partial charge in [0.1, 0.15) is 5.75 Å². The summed E-state index contributed by atoms with van der Waals surface area (Å²) in [4.78, 5) is 9.52. The van der Waals surface area contributed by atoms with Crippen LogP contribution in [0.5, 0.6) is 5.75 Å². The maximum absolute atomic E-state index is 13.3. The number of nitrogens with one attached hydrogen (secondary N) is 1. The van der Waals surface area contributed by atoms with Gasteiger partial charge in [-0.2, -0.15) is 8.78 Å². The molecule has 0 fully saturated rings. The summed E-state index contributed by atoms with van der Waals surface area (Å²) in [6, 6.07) is 12.2. The number of H-pyrrole nitrogens is 1. The van der Waals surface area contributed by atoms with Gasteiger partial charge in [-0.1, -0.05) is 41.6 Å². The number of benzene rings is 2. The normalized spacial score (nSPS) is 13.0. The zero-order valence-electron chi connectivity index (χ0n) is 14.5. The molecule has 144 valence electrons.